The summed E-state index contributed by atoms with van der Waals surface area (Å²) in [6, 6.07) is 12.3. The highest BCUT2D eigenvalue weighted by molar-refractivity contribution is 14.0. The second kappa shape index (κ2) is 9.07. The van der Waals surface area contributed by atoms with Crippen molar-refractivity contribution in [3.63, 3.8) is 0 Å². The molecule has 3 N–H and O–H groups in total. The molecule has 5 nitrogen and oxygen atoms in total. The lowest BCUT2D eigenvalue weighted by atomic mass is 9.76. The number of guanidine groups is 1. The molecule has 0 spiro atoms. The van der Waals surface area contributed by atoms with E-state index in [0.29, 0.717) is 29.1 Å². The van der Waals surface area contributed by atoms with Crippen molar-refractivity contribution >= 4 is 35.6 Å². The first-order chi connectivity index (χ1) is 12.1. The Hall–Kier alpha value is -2.03. The van der Waals surface area contributed by atoms with Crippen LogP contribution in [0.1, 0.15) is 24.3 Å². The molecule has 2 aromatic rings. The van der Waals surface area contributed by atoms with Gasteiger partial charge in [-0.2, -0.15) is 0 Å². The number of benzene rings is 2. The van der Waals surface area contributed by atoms with Crippen LogP contribution in [-0.4, -0.2) is 26.2 Å². The van der Waals surface area contributed by atoms with Crippen molar-refractivity contribution in [1.82, 2.24) is 0 Å². The van der Waals surface area contributed by atoms with E-state index in [9.17, 15) is 4.39 Å². The number of ether oxygens (including phenoxy) is 2. The molecule has 140 valence electrons. The summed E-state index contributed by atoms with van der Waals surface area (Å²) in [6.45, 7) is 0. The molecule has 0 heterocycles. The molecule has 0 aliphatic heterocycles. The molecule has 0 atom stereocenters. The van der Waals surface area contributed by atoms with Crippen molar-refractivity contribution in [1.29, 1.82) is 0 Å². The largest absolute Gasteiger partial charge is 0.497 e. The smallest absolute Gasteiger partial charge is 0.193 e. The lowest BCUT2D eigenvalue weighted by Crippen LogP contribution is -2.31. The van der Waals surface area contributed by atoms with Crippen LogP contribution in [0.4, 0.5) is 10.1 Å². The van der Waals surface area contributed by atoms with Gasteiger partial charge >= 0.3 is 0 Å². The molecule has 1 fully saturated rings. The number of hydrogen-bond acceptors (Lipinski definition) is 3. The van der Waals surface area contributed by atoms with Crippen molar-refractivity contribution < 1.29 is 13.9 Å². The van der Waals surface area contributed by atoms with Crippen LogP contribution in [0, 0.1) is 5.82 Å². The van der Waals surface area contributed by atoms with Crippen molar-refractivity contribution in [2.24, 2.45) is 10.7 Å². The minimum absolute atomic E-state index is 0. The van der Waals surface area contributed by atoms with Gasteiger partial charge in [0.15, 0.2) is 5.96 Å². The molecular formula is C19H23FIN3O2. The first kappa shape index (κ1) is 20.3. The molecule has 3 rings (SSSR count). The number of nitrogens with zero attached hydrogens (tertiary/aromatic N) is 1. The SMILES string of the molecule is COc1ccc(OC)c(NC(N)=NC2CC(c3cccc(F)c3)C2)c1.I. The van der Waals surface area contributed by atoms with Crippen molar-refractivity contribution in [2.45, 2.75) is 24.8 Å². The molecular weight excluding hydrogens is 448 g/mol. The van der Waals surface area contributed by atoms with Gasteiger partial charge in [0.2, 0.25) is 0 Å². The summed E-state index contributed by atoms with van der Waals surface area (Å²) in [5, 5.41) is 3.06. The second-order valence-corrected chi connectivity index (χ2v) is 6.08. The fourth-order valence-electron chi connectivity index (χ4n) is 3.00. The van der Waals surface area contributed by atoms with Crippen LogP contribution in [-0.2, 0) is 0 Å². The Morgan fingerprint density at radius 3 is 2.58 bits per heavy atom. The summed E-state index contributed by atoms with van der Waals surface area (Å²) >= 11 is 0. The van der Waals surface area contributed by atoms with Gasteiger partial charge in [-0.1, -0.05) is 12.1 Å². The number of anilines is 1. The molecule has 0 aromatic heterocycles. The van der Waals surface area contributed by atoms with E-state index < -0.39 is 0 Å². The molecule has 2 aromatic carbocycles. The maximum Gasteiger partial charge on any atom is 0.193 e. The molecule has 0 bridgehead atoms. The normalized spacial score (nSPS) is 19.1. The Balaban J connectivity index is 0.00000243. The third kappa shape index (κ3) is 4.78. The number of aliphatic imine (C=N–C) groups is 1. The lowest BCUT2D eigenvalue weighted by molar-refractivity contribution is 0.352. The van der Waals surface area contributed by atoms with Crippen LogP contribution in [0.25, 0.3) is 0 Å². The fourth-order valence-corrected chi connectivity index (χ4v) is 3.00. The zero-order chi connectivity index (χ0) is 17.8. The van der Waals surface area contributed by atoms with Crippen molar-refractivity contribution in [3.8, 4) is 11.5 Å². The topological polar surface area (TPSA) is 68.9 Å². The number of nitrogens with one attached hydrogen (secondary N) is 1. The van der Waals surface area contributed by atoms with E-state index in [-0.39, 0.29) is 35.8 Å². The molecule has 0 amide bonds. The summed E-state index contributed by atoms with van der Waals surface area (Å²) in [5.41, 5.74) is 7.74. The van der Waals surface area contributed by atoms with Gasteiger partial charge < -0.3 is 20.5 Å². The summed E-state index contributed by atoms with van der Waals surface area (Å²) in [5.74, 6) is 1.82. The summed E-state index contributed by atoms with van der Waals surface area (Å²) in [4.78, 5) is 4.50. The number of nitrogens with two attached hydrogens (primary N) is 1. The van der Waals surface area contributed by atoms with Gasteiger partial charge in [0.05, 0.1) is 25.9 Å². The summed E-state index contributed by atoms with van der Waals surface area (Å²) < 4.78 is 23.8. The first-order valence-electron chi connectivity index (χ1n) is 8.17. The predicted octanol–water partition coefficient (Wildman–Crippen LogP) is 4.13. The van der Waals surface area contributed by atoms with Crippen LogP contribution in [0.2, 0.25) is 0 Å². The Labute approximate surface area is 169 Å². The number of halogens is 2. The first-order valence-corrected chi connectivity index (χ1v) is 8.17. The predicted molar refractivity (Wildman–Crippen MR) is 112 cm³/mol. The van der Waals surface area contributed by atoms with Gasteiger partial charge in [-0.3, -0.25) is 0 Å². The highest BCUT2D eigenvalue weighted by atomic mass is 127. The Morgan fingerprint density at radius 1 is 1.15 bits per heavy atom. The molecule has 0 saturated heterocycles. The minimum atomic E-state index is -0.198. The van der Waals surface area contributed by atoms with Crippen LogP contribution >= 0.6 is 24.0 Å². The standard InChI is InChI=1S/C19H22FN3O2.HI/c1-24-16-6-7-18(25-2)17(11-16)23-19(21)22-15-9-13(10-15)12-4-3-5-14(20)8-12;/h3-8,11,13,15H,9-10H2,1-2H3,(H3,21,22,23);1H. The second-order valence-electron chi connectivity index (χ2n) is 6.08. The van der Waals surface area contributed by atoms with E-state index in [1.54, 1.807) is 38.5 Å². The van der Waals surface area contributed by atoms with Gasteiger partial charge in [0.25, 0.3) is 0 Å². The van der Waals surface area contributed by atoms with E-state index in [4.69, 9.17) is 15.2 Å². The number of hydrogen-bond donors (Lipinski definition) is 2. The molecule has 1 saturated carbocycles. The quantitative estimate of drug-likeness (QED) is 0.391. The van der Waals surface area contributed by atoms with Crippen LogP contribution < -0.4 is 20.5 Å². The van der Waals surface area contributed by atoms with Crippen LogP contribution in [0.15, 0.2) is 47.5 Å². The van der Waals surface area contributed by atoms with E-state index in [0.717, 1.165) is 18.4 Å². The Morgan fingerprint density at radius 2 is 1.92 bits per heavy atom. The third-order valence-electron chi connectivity index (χ3n) is 4.42. The average Bonchev–Trinajstić information content (AvgIpc) is 2.57. The Kier molecular flexibility index (Phi) is 7.07. The van der Waals surface area contributed by atoms with Gasteiger partial charge in [0, 0.05) is 6.07 Å². The van der Waals surface area contributed by atoms with E-state index >= 15 is 0 Å². The minimum Gasteiger partial charge on any atom is -0.497 e. The third-order valence-corrected chi connectivity index (χ3v) is 4.42. The lowest BCUT2D eigenvalue weighted by Gasteiger charge is -2.33. The highest BCUT2D eigenvalue weighted by Crippen LogP contribution is 2.39. The highest BCUT2D eigenvalue weighted by Gasteiger charge is 2.30. The van der Waals surface area contributed by atoms with E-state index in [2.05, 4.69) is 10.3 Å². The zero-order valence-electron chi connectivity index (χ0n) is 14.7. The number of rotatable bonds is 5. The molecule has 1 aliphatic rings. The van der Waals surface area contributed by atoms with Gasteiger partial charge in [-0.05, 0) is 48.6 Å². The van der Waals surface area contributed by atoms with E-state index in [1.165, 1.54) is 6.07 Å². The number of methoxy groups -OCH3 is 2. The van der Waals surface area contributed by atoms with Crippen LogP contribution in [0.3, 0.4) is 0 Å². The Bertz CT molecular complexity index is 779. The molecule has 0 unspecified atom stereocenters. The maximum absolute atomic E-state index is 13.3. The summed E-state index contributed by atoms with van der Waals surface area (Å²) in [6.07, 6.45) is 1.72. The molecule has 7 heteroatoms. The molecule has 26 heavy (non-hydrogen) atoms. The van der Waals surface area contributed by atoms with Crippen molar-refractivity contribution in [3.05, 3.63) is 53.8 Å². The average molecular weight is 471 g/mol. The van der Waals surface area contributed by atoms with Crippen LogP contribution in [0.5, 0.6) is 11.5 Å². The van der Waals surface area contributed by atoms with Crippen molar-refractivity contribution in [2.75, 3.05) is 19.5 Å². The van der Waals surface area contributed by atoms with Gasteiger partial charge in [0.1, 0.15) is 17.3 Å². The van der Waals surface area contributed by atoms with E-state index in [1.807, 2.05) is 12.1 Å². The molecule has 0 radical (unpaired) electrons. The van der Waals surface area contributed by atoms with Gasteiger partial charge in [-0.15, -0.1) is 24.0 Å². The monoisotopic (exact) mass is 471 g/mol. The summed E-state index contributed by atoms with van der Waals surface area (Å²) in [7, 11) is 3.19. The maximum atomic E-state index is 13.3. The van der Waals surface area contributed by atoms with Gasteiger partial charge in [-0.25, -0.2) is 9.38 Å². The molecule has 1 aliphatic carbocycles. The zero-order valence-corrected chi connectivity index (χ0v) is 17.1. The fraction of sp³-hybridized carbons (Fsp3) is 0.316.